The summed E-state index contributed by atoms with van der Waals surface area (Å²) in [5, 5.41) is 8.58. The van der Waals surface area contributed by atoms with E-state index >= 15 is 0 Å². The molecule has 1 fully saturated rings. The Morgan fingerprint density at radius 1 is 1.18 bits per heavy atom. The second kappa shape index (κ2) is 3.81. The van der Waals surface area contributed by atoms with Gasteiger partial charge in [-0.1, -0.05) is 0 Å². The topological polar surface area (TPSA) is 49.2 Å². The van der Waals surface area contributed by atoms with Gasteiger partial charge in [-0.05, 0) is 41.5 Å². The molecule has 6 heteroatoms. The highest BCUT2D eigenvalue weighted by atomic mass is 16.7. The van der Waals surface area contributed by atoms with Gasteiger partial charge in [-0.3, -0.25) is 0 Å². The number of nitrogens with zero attached hydrogens (tertiary/aromatic N) is 3. The molecule has 17 heavy (non-hydrogen) atoms. The van der Waals surface area contributed by atoms with Crippen LogP contribution in [0.15, 0.2) is 6.20 Å². The molecule has 0 saturated carbocycles. The first-order valence-electron chi connectivity index (χ1n) is 6.00. The molecule has 1 aromatic rings. The van der Waals surface area contributed by atoms with Gasteiger partial charge in [0.05, 0.1) is 23.4 Å². The van der Waals surface area contributed by atoms with Crippen LogP contribution in [0.1, 0.15) is 47.6 Å². The van der Waals surface area contributed by atoms with Crippen LogP contribution in [0.25, 0.3) is 0 Å². The van der Waals surface area contributed by atoms with Gasteiger partial charge in [-0.2, -0.15) is 15.0 Å². The van der Waals surface area contributed by atoms with Crippen molar-refractivity contribution in [2.24, 2.45) is 0 Å². The fraction of sp³-hybridized carbons (Fsp3) is 0.818. The van der Waals surface area contributed by atoms with Crippen molar-refractivity contribution in [1.82, 2.24) is 15.0 Å². The Balaban J connectivity index is 2.20. The lowest BCUT2D eigenvalue weighted by atomic mass is 9.86. The fourth-order valence-electron chi connectivity index (χ4n) is 1.61. The lowest BCUT2D eigenvalue weighted by Gasteiger charge is -2.32. The predicted octanol–water partition coefficient (Wildman–Crippen LogP) is 1.16. The second-order valence-electron chi connectivity index (χ2n) is 5.77. The molecule has 0 unspecified atom stereocenters. The summed E-state index contributed by atoms with van der Waals surface area (Å²) in [5.41, 5.74) is 0.0656. The summed E-state index contributed by atoms with van der Waals surface area (Å²) in [6, 6.07) is 0.242. The number of hydrogen-bond acceptors (Lipinski definition) is 4. The fourth-order valence-corrected chi connectivity index (χ4v) is 1.61. The van der Waals surface area contributed by atoms with E-state index in [0.717, 1.165) is 5.59 Å². The first kappa shape index (κ1) is 12.6. The molecular weight excluding hydrogens is 217 g/mol. The maximum Gasteiger partial charge on any atom is 0.518 e. The molecule has 0 atom stereocenters. The summed E-state index contributed by atoms with van der Waals surface area (Å²) in [5.74, 6) is 0. The minimum atomic E-state index is -0.424. The highest BCUT2D eigenvalue weighted by molar-refractivity contribution is 6.61. The molecule has 0 radical (unpaired) electrons. The van der Waals surface area contributed by atoms with Crippen LogP contribution in [0.4, 0.5) is 0 Å². The molecule has 0 N–H and O–H groups in total. The molecular formula is C11H20BN3O2. The zero-order valence-corrected chi connectivity index (χ0v) is 11.4. The minimum Gasteiger partial charge on any atom is -0.398 e. The molecule has 94 valence electrons. The van der Waals surface area contributed by atoms with Gasteiger partial charge < -0.3 is 9.31 Å². The van der Waals surface area contributed by atoms with Gasteiger partial charge in [0.15, 0.2) is 0 Å². The summed E-state index contributed by atoms with van der Waals surface area (Å²) in [6.07, 6.45) is 1.71. The van der Waals surface area contributed by atoms with Gasteiger partial charge in [-0.25, -0.2) is 0 Å². The van der Waals surface area contributed by atoms with E-state index in [1.165, 1.54) is 0 Å². The molecule has 0 aromatic carbocycles. The van der Waals surface area contributed by atoms with Crippen LogP contribution in [-0.4, -0.2) is 33.3 Å². The predicted molar refractivity (Wildman–Crippen MR) is 66.1 cm³/mol. The maximum atomic E-state index is 5.91. The monoisotopic (exact) mass is 237 g/mol. The van der Waals surface area contributed by atoms with Gasteiger partial charge in [-0.15, -0.1) is 0 Å². The molecule has 1 aliphatic heterocycles. The van der Waals surface area contributed by atoms with Crippen LogP contribution in [0.2, 0.25) is 0 Å². The first-order valence-corrected chi connectivity index (χ1v) is 6.00. The van der Waals surface area contributed by atoms with E-state index in [4.69, 9.17) is 9.31 Å². The van der Waals surface area contributed by atoms with Crippen LogP contribution in [-0.2, 0) is 9.31 Å². The third-order valence-corrected chi connectivity index (χ3v) is 3.48. The quantitative estimate of drug-likeness (QED) is 0.724. The summed E-state index contributed by atoms with van der Waals surface area (Å²) < 4.78 is 11.8. The largest absolute Gasteiger partial charge is 0.518 e. The Morgan fingerprint density at radius 3 is 2.12 bits per heavy atom. The average Bonchev–Trinajstić information content (AvgIpc) is 2.70. The summed E-state index contributed by atoms with van der Waals surface area (Å²) in [6.45, 7) is 12.2. The van der Waals surface area contributed by atoms with Crippen molar-refractivity contribution >= 4 is 12.7 Å². The van der Waals surface area contributed by atoms with Crippen molar-refractivity contribution in [1.29, 1.82) is 0 Å². The lowest BCUT2D eigenvalue weighted by Crippen LogP contribution is -2.41. The molecule has 1 aromatic heterocycles. The van der Waals surface area contributed by atoms with Gasteiger partial charge >= 0.3 is 7.12 Å². The highest BCUT2D eigenvalue weighted by Crippen LogP contribution is 2.36. The van der Waals surface area contributed by atoms with Crippen molar-refractivity contribution in [3.05, 3.63) is 6.20 Å². The molecule has 1 saturated heterocycles. The maximum absolute atomic E-state index is 5.91. The molecule has 0 spiro atoms. The van der Waals surface area contributed by atoms with E-state index in [-0.39, 0.29) is 17.2 Å². The van der Waals surface area contributed by atoms with E-state index in [1.54, 1.807) is 11.0 Å². The standard InChI is InChI=1S/C11H20BN3O2/c1-8(2)15-13-7-9(14-15)12-16-10(3,4)11(5,6)17-12/h7-8H,1-6H3. The Hall–Kier alpha value is -0.875. The van der Waals surface area contributed by atoms with E-state index < -0.39 is 7.12 Å². The third kappa shape index (κ3) is 2.11. The van der Waals surface area contributed by atoms with E-state index in [0.29, 0.717) is 0 Å². The first-order chi connectivity index (χ1) is 7.73. The number of rotatable bonds is 2. The smallest absolute Gasteiger partial charge is 0.398 e. The van der Waals surface area contributed by atoms with Crippen molar-refractivity contribution in [3.8, 4) is 0 Å². The van der Waals surface area contributed by atoms with Gasteiger partial charge in [0.25, 0.3) is 0 Å². The summed E-state index contributed by atoms with van der Waals surface area (Å²) in [7, 11) is -0.424. The SMILES string of the molecule is CC(C)n1ncc(B2OC(C)(C)C(C)(C)O2)n1. The Bertz CT molecular complexity index is 399. The average molecular weight is 237 g/mol. The normalized spacial score (nSPS) is 22.4. The van der Waals surface area contributed by atoms with Crippen LogP contribution < -0.4 is 5.59 Å². The van der Waals surface area contributed by atoms with Crippen LogP contribution in [0.5, 0.6) is 0 Å². The van der Waals surface area contributed by atoms with Crippen molar-refractivity contribution < 1.29 is 9.31 Å². The van der Waals surface area contributed by atoms with E-state index in [2.05, 4.69) is 10.2 Å². The van der Waals surface area contributed by atoms with Gasteiger partial charge in [0.1, 0.15) is 5.59 Å². The minimum absolute atomic E-state index is 0.242. The van der Waals surface area contributed by atoms with Crippen molar-refractivity contribution in [2.45, 2.75) is 58.8 Å². The zero-order chi connectivity index (χ0) is 12.8. The van der Waals surface area contributed by atoms with Crippen LogP contribution in [0, 0.1) is 0 Å². The molecule has 2 heterocycles. The van der Waals surface area contributed by atoms with Crippen molar-refractivity contribution in [2.75, 3.05) is 0 Å². The number of aromatic nitrogens is 3. The van der Waals surface area contributed by atoms with Crippen molar-refractivity contribution in [3.63, 3.8) is 0 Å². The summed E-state index contributed by atoms with van der Waals surface area (Å²) in [4.78, 5) is 1.67. The van der Waals surface area contributed by atoms with E-state index in [9.17, 15) is 0 Å². The summed E-state index contributed by atoms with van der Waals surface area (Å²) >= 11 is 0. The molecule has 2 rings (SSSR count). The second-order valence-corrected chi connectivity index (χ2v) is 5.77. The third-order valence-electron chi connectivity index (χ3n) is 3.48. The molecule has 0 bridgehead atoms. The number of hydrogen-bond donors (Lipinski definition) is 0. The highest BCUT2D eigenvalue weighted by Gasteiger charge is 2.52. The zero-order valence-electron chi connectivity index (χ0n) is 11.4. The van der Waals surface area contributed by atoms with Crippen LogP contribution >= 0.6 is 0 Å². The molecule has 5 nitrogen and oxygen atoms in total. The van der Waals surface area contributed by atoms with Crippen LogP contribution in [0.3, 0.4) is 0 Å². The Kier molecular flexibility index (Phi) is 2.82. The van der Waals surface area contributed by atoms with E-state index in [1.807, 2.05) is 41.5 Å². The molecule has 1 aliphatic rings. The Labute approximate surface area is 103 Å². The Morgan fingerprint density at radius 2 is 1.71 bits per heavy atom. The lowest BCUT2D eigenvalue weighted by molar-refractivity contribution is 0.00578. The van der Waals surface area contributed by atoms with Gasteiger partial charge in [0.2, 0.25) is 0 Å². The molecule has 0 amide bonds. The van der Waals surface area contributed by atoms with Gasteiger partial charge in [0, 0.05) is 0 Å². The molecule has 0 aliphatic carbocycles.